The molecule has 0 unspecified atom stereocenters. The summed E-state index contributed by atoms with van der Waals surface area (Å²) in [4.78, 5) is 2.36. The first-order chi connectivity index (χ1) is 27.3. The van der Waals surface area contributed by atoms with Gasteiger partial charge in [-0.25, -0.2) is 0 Å². The molecule has 0 saturated carbocycles. The molecule has 1 nitrogen and oxygen atoms in total. The van der Waals surface area contributed by atoms with Gasteiger partial charge < -0.3 is 4.90 Å². The molecule has 0 N–H and O–H groups in total. The maximum atomic E-state index is 2.37. The van der Waals surface area contributed by atoms with Gasteiger partial charge in [0.2, 0.25) is 0 Å². The summed E-state index contributed by atoms with van der Waals surface area (Å²) in [7, 11) is 0. The number of rotatable bonds is 5. The average Bonchev–Trinajstić information content (AvgIpc) is 3.26. The highest BCUT2D eigenvalue weighted by atomic mass is 15.1. The third-order valence-electron chi connectivity index (χ3n) is 11.4. The van der Waals surface area contributed by atoms with E-state index in [1.807, 2.05) is 0 Å². The smallest absolute Gasteiger partial charge is 0.0468 e. The molecule has 1 heteroatoms. The molecule has 256 valence electrons. The van der Waals surface area contributed by atoms with E-state index in [0.717, 1.165) is 17.1 Å². The largest absolute Gasteiger partial charge is 0.310 e. The van der Waals surface area contributed by atoms with Crippen LogP contribution in [-0.2, 0) is 0 Å². The van der Waals surface area contributed by atoms with Crippen LogP contribution in [0.1, 0.15) is 0 Å². The molecular weight excluding hydrogens is 663 g/mol. The molecule has 11 aromatic rings. The van der Waals surface area contributed by atoms with Crippen LogP contribution in [0.15, 0.2) is 212 Å². The number of hydrogen-bond donors (Lipinski definition) is 0. The molecule has 0 fully saturated rings. The molecule has 0 bridgehead atoms. The lowest BCUT2D eigenvalue weighted by Gasteiger charge is -2.26. The van der Waals surface area contributed by atoms with E-state index in [4.69, 9.17) is 0 Å². The number of anilines is 3. The maximum Gasteiger partial charge on any atom is 0.0468 e. The Balaban J connectivity index is 1.21. The fourth-order valence-corrected chi connectivity index (χ4v) is 8.91. The van der Waals surface area contributed by atoms with Gasteiger partial charge in [0.25, 0.3) is 0 Å². The fourth-order valence-electron chi connectivity index (χ4n) is 8.91. The Morgan fingerprint density at radius 3 is 1.24 bits per heavy atom. The van der Waals surface area contributed by atoms with Crippen LogP contribution in [0.3, 0.4) is 0 Å². The minimum absolute atomic E-state index is 1.11. The van der Waals surface area contributed by atoms with Crippen molar-refractivity contribution in [2.45, 2.75) is 0 Å². The first-order valence-electron chi connectivity index (χ1n) is 19.0. The molecule has 0 aliphatic rings. The van der Waals surface area contributed by atoms with Crippen molar-refractivity contribution in [3.05, 3.63) is 212 Å². The molecule has 0 atom stereocenters. The monoisotopic (exact) mass is 697 g/mol. The van der Waals surface area contributed by atoms with E-state index in [0.29, 0.717) is 0 Å². The molecule has 0 aromatic heterocycles. The van der Waals surface area contributed by atoms with Crippen LogP contribution >= 0.6 is 0 Å². The Labute approximate surface area is 320 Å². The third kappa shape index (κ3) is 5.09. The van der Waals surface area contributed by atoms with Gasteiger partial charge in [-0.3, -0.25) is 0 Å². The van der Waals surface area contributed by atoms with Gasteiger partial charge in [-0.2, -0.15) is 0 Å². The number of fused-ring (bicyclic) bond motifs is 9. The number of para-hydroxylation sites is 1. The Morgan fingerprint density at radius 1 is 0.236 bits per heavy atom. The van der Waals surface area contributed by atoms with Crippen molar-refractivity contribution in [3.63, 3.8) is 0 Å². The molecule has 0 aliphatic heterocycles. The van der Waals surface area contributed by atoms with Crippen LogP contribution in [0.25, 0.3) is 86.9 Å². The van der Waals surface area contributed by atoms with E-state index in [1.165, 1.54) is 86.9 Å². The highest BCUT2D eigenvalue weighted by Crippen LogP contribution is 2.50. The van der Waals surface area contributed by atoms with Crippen molar-refractivity contribution in [2.24, 2.45) is 0 Å². The summed E-state index contributed by atoms with van der Waals surface area (Å²) in [6.07, 6.45) is 0. The second kappa shape index (κ2) is 12.7. The minimum Gasteiger partial charge on any atom is -0.310 e. The first-order valence-corrected chi connectivity index (χ1v) is 19.0. The Kier molecular flexibility index (Phi) is 7.25. The van der Waals surface area contributed by atoms with Crippen LogP contribution in [-0.4, -0.2) is 0 Å². The molecule has 11 aromatic carbocycles. The zero-order chi connectivity index (χ0) is 36.3. The minimum atomic E-state index is 1.11. The lowest BCUT2D eigenvalue weighted by atomic mass is 9.81. The van der Waals surface area contributed by atoms with Crippen LogP contribution < -0.4 is 4.90 Å². The molecule has 11 rings (SSSR count). The molecule has 0 heterocycles. The van der Waals surface area contributed by atoms with E-state index in [9.17, 15) is 0 Å². The van der Waals surface area contributed by atoms with E-state index < -0.39 is 0 Å². The van der Waals surface area contributed by atoms with Gasteiger partial charge in [0.05, 0.1) is 0 Å². The topological polar surface area (TPSA) is 3.24 Å². The zero-order valence-electron chi connectivity index (χ0n) is 30.2. The highest BCUT2D eigenvalue weighted by Gasteiger charge is 2.22. The van der Waals surface area contributed by atoms with Gasteiger partial charge in [0.1, 0.15) is 0 Å². The van der Waals surface area contributed by atoms with Crippen molar-refractivity contribution < 1.29 is 0 Å². The van der Waals surface area contributed by atoms with Crippen molar-refractivity contribution in [1.29, 1.82) is 0 Å². The summed E-state index contributed by atoms with van der Waals surface area (Å²) in [5.41, 5.74) is 8.34. The number of nitrogens with zero attached hydrogens (tertiary/aromatic N) is 1. The summed E-state index contributed by atoms with van der Waals surface area (Å²) in [6.45, 7) is 0. The van der Waals surface area contributed by atoms with Crippen molar-refractivity contribution in [1.82, 2.24) is 0 Å². The van der Waals surface area contributed by atoms with Crippen molar-refractivity contribution in [3.8, 4) is 22.3 Å². The number of benzene rings is 11. The Hall–Kier alpha value is -7.22. The van der Waals surface area contributed by atoms with Crippen molar-refractivity contribution >= 4 is 81.7 Å². The van der Waals surface area contributed by atoms with Crippen molar-refractivity contribution in [2.75, 3.05) is 4.90 Å². The van der Waals surface area contributed by atoms with E-state index in [1.54, 1.807) is 0 Å². The van der Waals surface area contributed by atoms with Crippen LogP contribution in [0.2, 0.25) is 0 Å². The predicted octanol–water partition coefficient (Wildman–Crippen LogP) is 15.4. The second-order valence-corrected chi connectivity index (χ2v) is 14.4. The van der Waals surface area contributed by atoms with Crippen LogP contribution in [0, 0.1) is 0 Å². The SMILES string of the molecule is c1ccc(N(c2ccc(-c3c4ccccc4c(-c4ccc5ccccc5c4)c4c5ccccc5c5ccccc5c34)cc2)c2ccc3ccccc3c2)cc1. The predicted molar refractivity (Wildman–Crippen MR) is 237 cm³/mol. The molecular formula is C54H35N. The third-order valence-corrected chi connectivity index (χ3v) is 11.4. The average molecular weight is 698 g/mol. The van der Waals surface area contributed by atoms with E-state index >= 15 is 0 Å². The summed E-state index contributed by atoms with van der Waals surface area (Å²) in [5, 5.41) is 15.1. The lowest BCUT2D eigenvalue weighted by Crippen LogP contribution is -2.09. The molecule has 0 amide bonds. The van der Waals surface area contributed by atoms with Gasteiger partial charge in [0.15, 0.2) is 0 Å². The van der Waals surface area contributed by atoms with Gasteiger partial charge in [0, 0.05) is 17.1 Å². The fraction of sp³-hybridized carbons (Fsp3) is 0. The zero-order valence-corrected chi connectivity index (χ0v) is 30.2. The Morgan fingerprint density at radius 2 is 0.636 bits per heavy atom. The van der Waals surface area contributed by atoms with Gasteiger partial charge in [-0.05, 0) is 129 Å². The van der Waals surface area contributed by atoms with Crippen LogP contribution in [0.4, 0.5) is 17.1 Å². The quantitative estimate of drug-likeness (QED) is 0.128. The summed E-state index contributed by atoms with van der Waals surface area (Å²) >= 11 is 0. The molecule has 55 heavy (non-hydrogen) atoms. The number of hydrogen-bond acceptors (Lipinski definition) is 1. The maximum absolute atomic E-state index is 2.37. The summed E-state index contributed by atoms with van der Waals surface area (Å²) in [5.74, 6) is 0. The molecule has 0 saturated heterocycles. The first kappa shape index (κ1) is 31.3. The van der Waals surface area contributed by atoms with Crippen LogP contribution in [0.5, 0.6) is 0 Å². The molecule has 0 spiro atoms. The highest BCUT2D eigenvalue weighted by molar-refractivity contribution is 6.36. The molecule has 0 aliphatic carbocycles. The summed E-state index contributed by atoms with van der Waals surface area (Å²) in [6, 6.07) is 77.8. The van der Waals surface area contributed by atoms with Gasteiger partial charge in [-0.1, -0.05) is 170 Å². The standard InChI is InChI=1S/C54H35N/c1-2-18-42(19-3-1)55(44-33-28-37-15-5-7-17-40(37)35-44)43-31-29-38(30-32-43)51-49-24-12-13-25-50(49)52(41-27-26-36-14-4-6-16-39(36)34-41)54-48-23-11-9-21-46(48)45-20-8-10-22-47(45)53(51)54/h1-35H. The van der Waals surface area contributed by atoms with E-state index in [-0.39, 0.29) is 0 Å². The second-order valence-electron chi connectivity index (χ2n) is 14.4. The molecule has 0 radical (unpaired) electrons. The normalized spacial score (nSPS) is 11.6. The summed E-state index contributed by atoms with van der Waals surface area (Å²) < 4.78 is 0. The van der Waals surface area contributed by atoms with Gasteiger partial charge in [-0.15, -0.1) is 0 Å². The lowest BCUT2D eigenvalue weighted by molar-refractivity contribution is 1.29. The Bertz CT molecular complexity index is 3250. The van der Waals surface area contributed by atoms with Gasteiger partial charge >= 0.3 is 0 Å². The van der Waals surface area contributed by atoms with E-state index in [2.05, 4.69) is 217 Å².